The van der Waals surface area contributed by atoms with Gasteiger partial charge < -0.3 is 14.5 Å². The molecule has 2 heterocycles. The fraction of sp³-hybridized carbons (Fsp3) is 0.200. The van der Waals surface area contributed by atoms with E-state index in [-0.39, 0.29) is 11.9 Å². The summed E-state index contributed by atoms with van der Waals surface area (Å²) in [5.74, 6) is 0.825. The highest BCUT2D eigenvalue weighted by atomic mass is 35.5. The SMILES string of the molecule is COC[C@@H](NC(=O)c1cc(-c2ccccc2Cl)oc1C)c1ccccn1. The maximum atomic E-state index is 12.8. The van der Waals surface area contributed by atoms with Crippen LogP contribution in [0.4, 0.5) is 0 Å². The van der Waals surface area contributed by atoms with Crippen molar-refractivity contribution in [3.8, 4) is 11.3 Å². The van der Waals surface area contributed by atoms with Gasteiger partial charge in [-0.1, -0.05) is 29.8 Å². The Morgan fingerprint density at radius 3 is 2.73 bits per heavy atom. The highest BCUT2D eigenvalue weighted by Gasteiger charge is 2.21. The summed E-state index contributed by atoms with van der Waals surface area (Å²) in [6.45, 7) is 2.07. The number of benzene rings is 1. The first-order chi connectivity index (χ1) is 12.6. The summed E-state index contributed by atoms with van der Waals surface area (Å²) in [5, 5.41) is 3.52. The third-order valence-electron chi connectivity index (χ3n) is 3.99. The largest absolute Gasteiger partial charge is 0.460 e. The van der Waals surface area contributed by atoms with E-state index < -0.39 is 0 Å². The number of amides is 1. The second-order valence-electron chi connectivity index (χ2n) is 5.80. The van der Waals surface area contributed by atoms with Gasteiger partial charge in [-0.05, 0) is 37.3 Å². The maximum absolute atomic E-state index is 12.8. The molecule has 0 saturated carbocycles. The third-order valence-corrected chi connectivity index (χ3v) is 4.31. The molecule has 0 radical (unpaired) electrons. The molecule has 134 valence electrons. The fourth-order valence-electron chi connectivity index (χ4n) is 2.69. The Balaban J connectivity index is 1.85. The first-order valence-corrected chi connectivity index (χ1v) is 8.54. The number of carbonyl (C=O) groups is 1. The summed E-state index contributed by atoms with van der Waals surface area (Å²) in [6, 6.07) is 14.2. The van der Waals surface area contributed by atoms with Crippen LogP contribution in [-0.4, -0.2) is 24.6 Å². The number of ether oxygens (including phenoxy) is 1. The van der Waals surface area contributed by atoms with Crippen LogP contribution in [0.25, 0.3) is 11.3 Å². The zero-order valence-corrected chi connectivity index (χ0v) is 15.3. The second-order valence-corrected chi connectivity index (χ2v) is 6.20. The Morgan fingerprint density at radius 2 is 2.04 bits per heavy atom. The molecular weight excluding hydrogens is 352 g/mol. The molecule has 1 N–H and O–H groups in total. The van der Waals surface area contributed by atoms with Crippen molar-refractivity contribution >= 4 is 17.5 Å². The Hall–Kier alpha value is -2.63. The van der Waals surface area contributed by atoms with E-state index in [4.69, 9.17) is 20.8 Å². The van der Waals surface area contributed by atoms with Crippen LogP contribution in [0, 0.1) is 6.92 Å². The minimum Gasteiger partial charge on any atom is -0.460 e. The molecule has 0 unspecified atom stereocenters. The minimum absolute atomic E-state index is 0.253. The van der Waals surface area contributed by atoms with Crippen LogP contribution < -0.4 is 5.32 Å². The van der Waals surface area contributed by atoms with Gasteiger partial charge in [-0.3, -0.25) is 9.78 Å². The molecule has 3 rings (SSSR count). The number of carbonyl (C=O) groups excluding carboxylic acids is 1. The molecule has 0 fully saturated rings. The lowest BCUT2D eigenvalue weighted by molar-refractivity contribution is 0.0893. The molecule has 0 aliphatic rings. The molecule has 26 heavy (non-hydrogen) atoms. The predicted molar refractivity (Wildman–Crippen MR) is 100 cm³/mol. The number of halogens is 1. The lowest BCUT2D eigenvalue weighted by atomic mass is 10.1. The Morgan fingerprint density at radius 1 is 1.27 bits per heavy atom. The van der Waals surface area contributed by atoms with Crippen molar-refractivity contribution in [2.45, 2.75) is 13.0 Å². The van der Waals surface area contributed by atoms with E-state index in [0.717, 1.165) is 11.3 Å². The number of aromatic nitrogens is 1. The molecule has 3 aromatic rings. The van der Waals surface area contributed by atoms with Gasteiger partial charge in [-0.25, -0.2) is 0 Å². The predicted octanol–water partition coefficient (Wildman–Crippen LogP) is 4.42. The van der Waals surface area contributed by atoms with Crippen LogP contribution in [0.3, 0.4) is 0 Å². The van der Waals surface area contributed by atoms with Gasteiger partial charge in [0.2, 0.25) is 0 Å². The Labute approximate surface area is 157 Å². The lowest BCUT2D eigenvalue weighted by Gasteiger charge is -2.17. The molecule has 0 spiro atoms. The van der Waals surface area contributed by atoms with E-state index in [1.807, 2.05) is 36.4 Å². The van der Waals surface area contributed by atoms with Crippen molar-refractivity contribution < 1.29 is 13.9 Å². The summed E-state index contributed by atoms with van der Waals surface area (Å²) < 4.78 is 11.0. The summed E-state index contributed by atoms with van der Waals surface area (Å²) >= 11 is 6.22. The number of rotatable bonds is 6. The molecule has 0 aliphatic heterocycles. The third kappa shape index (κ3) is 3.95. The van der Waals surface area contributed by atoms with E-state index >= 15 is 0 Å². The molecular formula is C20H19ClN2O3. The van der Waals surface area contributed by atoms with Gasteiger partial charge in [-0.2, -0.15) is 0 Å². The van der Waals surface area contributed by atoms with E-state index in [1.54, 1.807) is 32.4 Å². The maximum Gasteiger partial charge on any atom is 0.255 e. The van der Waals surface area contributed by atoms with Crippen LogP contribution >= 0.6 is 11.6 Å². The quantitative estimate of drug-likeness (QED) is 0.697. The highest BCUT2D eigenvalue weighted by Crippen LogP contribution is 2.31. The first kappa shape index (κ1) is 18.2. The van der Waals surface area contributed by atoms with Crippen LogP contribution in [0.1, 0.15) is 27.9 Å². The van der Waals surface area contributed by atoms with Gasteiger partial charge in [0, 0.05) is 18.9 Å². The molecule has 1 amide bonds. The van der Waals surface area contributed by atoms with Crippen molar-refractivity contribution in [3.05, 3.63) is 76.8 Å². The standard InChI is InChI=1S/C20H19ClN2O3/c1-13-15(11-19(26-13)14-7-3-4-8-16(14)21)20(24)23-18(12-25-2)17-9-5-6-10-22-17/h3-11,18H,12H2,1-2H3,(H,23,24)/t18-/m1/s1. The molecule has 5 nitrogen and oxygen atoms in total. The summed E-state index contributed by atoms with van der Waals surface area (Å²) in [4.78, 5) is 17.1. The van der Waals surface area contributed by atoms with Crippen molar-refractivity contribution in [1.82, 2.24) is 10.3 Å². The van der Waals surface area contributed by atoms with Crippen molar-refractivity contribution in [1.29, 1.82) is 0 Å². The van der Waals surface area contributed by atoms with Crippen LogP contribution in [0.5, 0.6) is 0 Å². The van der Waals surface area contributed by atoms with Crippen molar-refractivity contribution in [3.63, 3.8) is 0 Å². The van der Waals surface area contributed by atoms with Crippen LogP contribution in [-0.2, 0) is 4.74 Å². The number of methoxy groups -OCH3 is 1. The molecule has 2 aromatic heterocycles. The summed E-state index contributed by atoms with van der Waals surface area (Å²) in [6.07, 6.45) is 1.68. The Bertz CT molecular complexity index is 893. The fourth-order valence-corrected chi connectivity index (χ4v) is 2.92. The van der Waals surface area contributed by atoms with Gasteiger partial charge in [0.1, 0.15) is 11.5 Å². The Kier molecular flexibility index (Phi) is 5.71. The number of furan rings is 1. The smallest absolute Gasteiger partial charge is 0.255 e. The van der Waals surface area contributed by atoms with Gasteiger partial charge in [-0.15, -0.1) is 0 Å². The molecule has 0 aliphatic carbocycles. The minimum atomic E-state index is -0.355. The molecule has 0 saturated heterocycles. The van der Waals surface area contributed by atoms with Crippen molar-refractivity contribution in [2.24, 2.45) is 0 Å². The second kappa shape index (κ2) is 8.17. The van der Waals surface area contributed by atoms with E-state index in [1.165, 1.54) is 0 Å². The summed E-state index contributed by atoms with van der Waals surface area (Å²) in [7, 11) is 1.58. The number of hydrogen-bond donors (Lipinski definition) is 1. The average Bonchev–Trinajstić information content (AvgIpc) is 3.04. The number of nitrogens with zero attached hydrogens (tertiary/aromatic N) is 1. The number of aryl methyl sites for hydroxylation is 1. The number of pyridine rings is 1. The number of hydrogen-bond acceptors (Lipinski definition) is 4. The first-order valence-electron chi connectivity index (χ1n) is 8.16. The molecule has 6 heteroatoms. The van der Waals surface area contributed by atoms with Crippen LogP contribution in [0.15, 0.2) is 59.1 Å². The van der Waals surface area contributed by atoms with Gasteiger partial charge in [0.05, 0.1) is 28.9 Å². The van der Waals surface area contributed by atoms with Gasteiger partial charge >= 0.3 is 0 Å². The molecule has 1 atom stereocenters. The van der Waals surface area contributed by atoms with Crippen LogP contribution in [0.2, 0.25) is 5.02 Å². The monoisotopic (exact) mass is 370 g/mol. The molecule has 0 bridgehead atoms. The van der Waals surface area contributed by atoms with Crippen molar-refractivity contribution in [2.75, 3.05) is 13.7 Å². The zero-order valence-electron chi connectivity index (χ0n) is 14.5. The topological polar surface area (TPSA) is 64.4 Å². The zero-order chi connectivity index (χ0) is 18.5. The number of nitrogens with one attached hydrogen (secondary N) is 1. The van der Waals surface area contributed by atoms with Gasteiger partial charge in [0.15, 0.2) is 0 Å². The van der Waals surface area contributed by atoms with E-state index in [9.17, 15) is 4.79 Å². The van der Waals surface area contributed by atoms with E-state index in [2.05, 4.69) is 10.3 Å². The lowest BCUT2D eigenvalue weighted by Crippen LogP contribution is -2.32. The van der Waals surface area contributed by atoms with Gasteiger partial charge in [0.25, 0.3) is 5.91 Å². The highest BCUT2D eigenvalue weighted by molar-refractivity contribution is 6.33. The normalized spacial score (nSPS) is 12.0. The van der Waals surface area contributed by atoms with E-state index in [0.29, 0.717) is 28.7 Å². The summed E-state index contributed by atoms with van der Waals surface area (Å²) in [5.41, 5.74) is 1.93. The average molecular weight is 371 g/mol. The molecule has 1 aromatic carbocycles.